The van der Waals surface area contributed by atoms with Crippen LogP contribution in [0.25, 0.3) is 0 Å². The highest BCUT2D eigenvalue weighted by atomic mass is 127. The lowest BCUT2D eigenvalue weighted by Crippen LogP contribution is -2.38. The van der Waals surface area contributed by atoms with E-state index in [0.717, 1.165) is 12.1 Å². The third-order valence-electron chi connectivity index (χ3n) is 3.50. The van der Waals surface area contributed by atoms with Crippen molar-refractivity contribution >= 4 is 41.3 Å². The summed E-state index contributed by atoms with van der Waals surface area (Å²) in [7, 11) is 1.70. The zero-order chi connectivity index (χ0) is 17.4. The number of benzene rings is 1. The van der Waals surface area contributed by atoms with Gasteiger partial charge in [-0.2, -0.15) is 20.1 Å². The maximum absolute atomic E-state index is 12.2. The van der Waals surface area contributed by atoms with E-state index in [1.54, 1.807) is 30.5 Å². The lowest BCUT2D eigenvalue weighted by atomic mass is 10.1. The van der Waals surface area contributed by atoms with Crippen molar-refractivity contribution in [1.29, 1.82) is 0 Å². The molecule has 2 rings (SSSR count). The number of ether oxygens (including phenoxy) is 1. The summed E-state index contributed by atoms with van der Waals surface area (Å²) in [4.78, 5) is 4.17. The van der Waals surface area contributed by atoms with Gasteiger partial charge in [-0.1, -0.05) is 19.1 Å². The van der Waals surface area contributed by atoms with Gasteiger partial charge in [0.25, 0.3) is 0 Å². The van der Waals surface area contributed by atoms with E-state index >= 15 is 0 Å². The van der Waals surface area contributed by atoms with E-state index in [0.29, 0.717) is 18.4 Å². The molecule has 0 saturated heterocycles. The smallest absolute Gasteiger partial charge is 0.387 e. The average Bonchev–Trinajstić information content (AvgIpc) is 3.09. The SMILES string of the molecule is CN=C(NCc1cccc(OC(F)F)c1)NCC(C)c1ccsc1.I. The largest absolute Gasteiger partial charge is 0.435 e. The van der Waals surface area contributed by atoms with Crippen molar-refractivity contribution in [2.45, 2.75) is 26.0 Å². The fourth-order valence-electron chi connectivity index (χ4n) is 2.16. The highest BCUT2D eigenvalue weighted by Gasteiger charge is 2.08. The summed E-state index contributed by atoms with van der Waals surface area (Å²) >= 11 is 1.68. The molecule has 1 unspecified atom stereocenters. The molecule has 8 heteroatoms. The van der Waals surface area contributed by atoms with Crippen LogP contribution in [0.3, 0.4) is 0 Å². The van der Waals surface area contributed by atoms with Crippen LogP contribution in [0.2, 0.25) is 0 Å². The van der Waals surface area contributed by atoms with E-state index in [2.05, 4.69) is 44.1 Å². The average molecular weight is 481 g/mol. The zero-order valence-electron chi connectivity index (χ0n) is 14.0. The van der Waals surface area contributed by atoms with Gasteiger partial charge in [-0.25, -0.2) is 0 Å². The minimum atomic E-state index is -2.82. The molecule has 0 radical (unpaired) electrons. The Hall–Kier alpha value is -1.42. The second-order valence-electron chi connectivity index (χ2n) is 5.29. The maximum atomic E-state index is 12.2. The van der Waals surface area contributed by atoms with Gasteiger partial charge in [0.05, 0.1) is 0 Å². The van der Waals surface area contributed by atoms with Crippen LogP contribution < -0.4 is 15.4 Å². The Labute approximate surface area is 167 Å². The van der Waals surface area contributed by atoms with Crippen LogP contribution in [-0.4, -0.2) is 26.2 Å². The van der Waals surface area contributed by atoms with Crippen LogP contribution in [0, 0.1) is 0 Å². The first kappa shape index (κ1) is 21.6. The molecule has 0 fully saturated rings. The predicted molar refractivity (Wildman–Crippen MR) is 109 cm³/mol. The number of guanidine groups is 1. The molecule has 2 N–H and O–H groups in total. The summed E-state index contributed by atoms with van der Waals surface area (Å²) in [5.74, 6) is 1.19. The van der Waals surface area contributed by atoms with Crippen molar-refractivity contribution in [1.82, 2.24) is 10.6 Å². The molecule has 25 heavy (non-hydrogen) atoms. The molecule has 0 bridgehead atoms. The molecule has 0 spiro atoms. The lowest BCUT2D eigenvalue weighted by molar-refractivity contribution is -0.0498. The first-order valence-electron chi connectivity index (χ1n) is 7.59. The lowest BCUT2D eigenvalue weighted by Gasteiger charge is -2.15. The van der Waals surface area contributed by atoms with Gasteiger partial charge >= 0.3 is 6.61 Å². The second kappa shape index (κ2) is 11.2. The van der Waals surface area contributed by atoms with Crippen molar-refractivity contribution in [2.75, 3.05) is 13.6 Å². The number of alkyl halides is 2. The van der Waals surface area contributed by atoms with Crippen LogP contribution >= 0.6 is 35.3 Å². The molecule has 0 saturated carbocycles. The number of nitrogens with zero attached hydrogens (tertiary/aromatic N) is 1. The number of halogens is 3. The number of thiophene rings is 1. The minimum absolute atomic E-state index is 0. The van der Waals surface area contributed by atoms with E-state index in [4.69, 9.17) is 0 Å². The summed E-state index contributed by atoms with van der Waals surface area (Å²) in [6.45, 7) is 0.548. The molecule has 0 amide bonds. The minimum Gasteiger partial charge on any atom is -0.435 e. The van der Waals surface area contributed by atoms with Crippen LogP contribution in [0.1, 0.15) is 24.0 Å². The Morgan fingerprint density at radius 2 is 2.08 bits per heavy atom. The van der Waals surface area contributed by atoms with Crippen LogP contribution in [0.4, 0.5) is 8.78 Å². The summed E-state index contributed by atoms with van der Waals surface area (Å²) in [6, 6.07) is 8.73. The highest BCUT2D eigenvalue weighted by Crippen LogP contribution is 2.17. The summed E-state index contributed by atoms with van der Waals surface area (Å²) < 4.78 is 28.9. The van der Waals surface area contributed by atoms with Crippen molar-refractivity contribution in [3.8, 4) is 5.75 Å². The standard InChI is InChI=1S/C17H21F2N3OS.HI/c1-12(14-6-7-24-11-14)9-21-17(20-2)22-10-13-4-3-5-15(8-13)23-16(18)19;/h3-8,11-12,16H,9-10H2,1-2H3,(H2,20,21,22);1H. The normalized spacial score (nSPS) is 12.4. The van der Waals surface area contributed by atoms with Gasteiger partial charge in [0.15, 0.2) is 5.96 Å². The molecular weight excluding hydrogens is 459 g/mol. The fraction of sp³-hybridized carbons (Fsp3) is 0.353. The number of nitrogens with one attached hydrogen (secondary N) is 2. The van der Waals surface area contributed by atoms with Crippen molar-refractivity contribution in [2.24, 2.45) is 4.99 Å². The van der Waals surface area contributed by atoms with Gasteiger partial charge in [0.2, 0.25) is 0 Å². The molecule has 0 aliphatic heterocycles. The predicted octanol–water partition coefficient (Wildman–Crippen LogP) is 4.44. The molecule has 0 aliphatic rings. The van der Waals surface area contributed by atoms with Gasteiger partial charge in [0, 0.05) is 20.1 Å². The topological polar surface area (TPSA) is 45.7 Å². The third-order valence-corrected chi connectivity index (χ3v) is 4.20. The molecule has 1 atom stereocenters. The van der Waals surface area contributed by atoms with Crippen LogP contribution in [-0.2, 0) is 6.54 Å². The molecule has 138 valence electrons. The van der Waals surface area contributed by atoms with Gasteiger partial charge in [-0.3, -0.25) is 4.99 Å². The van der Waals surface area contributed by atoms with Crippen molar-refractivity contribution in [3.63, 3.8) is 0 Å². The maximum Gasteiger partial charge on any atom is 0.387 e. The molecule has 1 aromatic heterocycles. The van der Waals surface area contributed by atoms with E-state index in [1.165, 1.54) is 11.6 Å². The molecule has 4 nitrogen and oxygen atoms in total. The molecular formula is C17H22F2IN3OS. The number of rotatable bonds is 7. The van der Waals surface area contributed by atoms with Crippen LogP contribution in [0.5, 0.6) is 5.75 Å². The Kier molecular flexibility index (Phi) is 9.73. The van der Waals surface area contributed by atoms with E-state index < -0.39 is 6.61 Å². The number of hydrogen-bond donors (Lipinski definition) is 2. The summed E-state index contributed by atoms with van der Waals surface area (Å²) in [6.07, 6.45) is 0. The highest BCUT2D eigenvalue weighted by molar-refractivity contribution is 14.0. The Morgan fingerprint density at radius 1 is 1.28 bits per heavy atom. The molecule has 0 aliphatic carbocycles. The van der Waals surface area contributed by atoms with Crippen molar-refractivity contribution < 1.29 is 13.5 Å². The van der Waals surface area contributed by atoms with E-state index in [-0.39, 0.29) is 29.7 Å². The molecule has 2 aromatic rings. The summed E-state index contributed by atoms with van der Waals surface area (Å²) in [5.41, 5.74) is 2.13. The Balaban J connectivity index is 0.00000312. The van der Waals surface area contributed by atoms with Gasteiger partial charge in [0.1, 0.15) is 5.75 Å². The first-order chi connectivity index (χ1) is 11.6. The first-order valence-corrected chi connectivity index (χ1v) is 8.53. The molecule has 1 aromatic carbocycles. The number of aliphatic imine (C=N–C) groups is 1. The third kappa shape index (κ3) is 7.55. The second-order valence-corrected chi connectivity index (χ2v) is 6.07. The quantitative estimate of drug-likeness (QED) is 0.350. The van der Waals surface area contributed by atoms with Gasteiger partial charge in [-0.15, -0.1) is 24.0 Å². The molecule has 1 heterocycles. The van der Waals surface area contributed by atoms with Gasteiger partial charge < -0.3 is 15.4 Å². The van der Waals surface area contributed by atoms with Crippen molar-refractivity contribution in [3.05, 3.63) is 52.2 Å². The zero-order valence-corrected chi connectivity index (χ0v) is 17.2. The van der Waals surface area contributed by atoms with Gasteiger partial charge in [-0.05, 0) is 46.0 Å². The monoisotopic (exact) mass is 481 g/mol. The Morgan fingerprint density at radius 3 is 2.72 bits per heavy atom. The van der Waals surface area contributed by atoms with E-state index in [1.807, 2.05) is 6.07 Å². The fourth-order valence-corrected chi connectivity index (χ4v) is 2.94. The van der Waals surface area contributed by atoms with E-state index in [9.17, 15) is 8.78 Å². The Bertz CT molecular complexity index is 653. The number of hydrogen-bond acceptors (Lipinski definition) is 3. The summed E-state index contributed by atoms with van der Waals surface area (Å²) in [5, 5.41) is 10.6. The van der Waals surface area contributed by atoms with Crippen LogP contribution in [0.15, 0.2) is 46.1 Å².